The van der Waals surface area contributed by atoms with Crippen molar-refractivity contribution < 1.29 is 4.79 Å². The fourth-order valence-electron chi connectivity index (χ4n) is 3.43. The highest BCUT2D eigenvalue weighted by molar-refractivity contribution is 9.10. The first-order valence-corrected chi connectivity index (χ1v) is 11.6. The van der Waals surface area contributed by atoms with Gasteiger partial charge in [0.15, 0.2) is 11.0 Å². The fourth-order valence-corrected chi connectivity index (χ4v) is 4.81. The van der Waals surface area contributed by atoms with E-state index in [1.165, 1.54) is 17.3 Å². The molecule has 4 rings (SSSR count). The molecule has 2 heterocycles. The zero-order valence-corrected chi connectivity index (χ0v) is 18.5. The number of aryl methyl sites for hydroxylation is 1. The third-order valence-corrected chi connectivity index (χ3v) is 6.79. The molecule has 29 heavy (non-hydrogen) atoms. The number of rotatable bonds is 6. The number of aromatic nitrogens is 3. The lowest BCUT2D eigenvalue weighted by Crippen LogP contribution is -2.30. The minimum Gasteiger partial charge on any atom is -0.355 e. The van der Waals surface area contributed by atoms with E-state index in [4.69, 9.17) is 0 Å². The number of nitrogens with zero attached hydrogens (tertiary/aromatic N) is 3. The van der Waals surface area contributed by atoms with E-state index in [1.54, 1.807) is 0 Å². The van der Waals surface area contributed by atoms with Gasteiger partial charge in [-0.3, -0.25) is 4.79 Å². The summed E-state index contributed by atoms with van der Waals surface area (Å²) in [4.78, 5) is 12.4. The Morgan fingerprint density at radius 3 is 2.66 bits per heavy atom. The van der Waals surface area contributed by atoms with Crippen molar-refractivity contribution in [2.24, 2.45) is 0 Å². The van der Waals surface area contributed by atoms with Crippen molar-refractivity contribution in [2.45, 2.75) is 42.6 Å². The molecule has 3 aromatic rings. The van der Waals surface area contributed by atoms with Crippen molar-refractivity contribution >= 4 is 33.6 Å². The normalized spacial score (nSPS) is 17.0. The summed E-state index contributed by atoms with van der Waals surface area (Å²) in [5, 5.41) is 12.7. The maximum absolute atomic E-state index is 12.4. The van der Waals surface area contributed by atoms with Crippen LogP contribution in [0.25, 0.3) is 11.4 Å². The van der Waals surface area contributed by atoms with Gasteiger partial charge in [0, 0.05) is 23.1 Å². The number of halogens is 1. The monoisotopic (exact) mass is 470 g/mol. The van der Waals surface area contributed by atoms with Crippen LogP contribution in [-0.4, -0.2) is 32.5 Å². The quantitative estimate of drug-likeness (QED) is 0.566. The smallest absolute Gasteiger partial charge is 0.233 e. The van der Waals surface area contributed by atoms with Gasteiger partial charge in [-0.1, -0.05) is 76.6 Å². The molecule has 0 aliphatic carbocycles. The molecule has 0 spiro atoms. The highest BCUT2D eigenvalue weighted by Crippen LogP contribution is 2.30. The molecule has 1 aliphatic heterocycles. The molecule has 7 heteroatoms. The number of benzene rings is 2. The summed E-state index contributed by atoms with van der Waals surface area (Å²) in [6.45, 7) is 1.53. The van der Waals surface area contributed by atoms with Crippen LogP contribution in [0.5, 0.6) is 0 Å². The largest absolute Gasteiger partial charge is 0.355 e. The summed E-state index contributed by atoms with van der Waals surface area (Å²) >= 11 is 5.03. The number of carbonyl (C=O) groups is 1. The van der Waals surface area contributed by atoms with Crippen LogP contribution in [0.4, 0.5) is 0 Å². The third-order valence-electron chi connectivity index (χ3n) is 5.02. The Bertz CT molecular complexity index is 959. The topological polar surface area (TPSA) is 59.8 Å². The van der Waals surface area contributed by atoms with Gasteiger partial charge >= 0.3 is 0 Å². The van der Waals surface area contributed by atoms with Crippen molar-refractivity contribution in [1.82, 2.24) is 20.1 Å². The van der Waals surface area contributed by atoms with Crippen molar-refractivity contribution in [3.8, 4) is 11.4 Å². The Hall–Kier alpha value is -2.12. The number of nitrogens with one attached hydrogen (secondary N) is 1. The van der Waals surface area contributed by atoms with E-state index in [9.17, 15) is 4.79 Å². The lowest BCUT2D eigenvalue weighted by molar-refractivity contribution is -0.120. The molecule has 1 amide bonds. The number of hydrogen-bond donors (Lipinski definition) is 1. The minimum absolute atomic E-state index is 0.107. The van der Waals surface area contributed by atoms with Gasteiger partial charge < -0.3 is 9.88 Å². The minimum atomic E-state index is -0.116. The highest BCUT2D eigenvalue weighted by Gasteiger charge is 2.25. The molecular weight excluding hydrogens is 448 g/mol. The summed E-state index contributed by atoms with van der Waals surface area (Å²) in [7, 11) is 0. The second-order valence-corrected chi connectivity index (χ2v) is 9.18. The van der Waals surface area contributed by atoms with Crippen LogP contribution in [0.1, 0.15) is 24.8 Å². The number of hydrogen-bond acceptors (Lipinski definition) is 4. The maximum atomic E-state index is 12.4. The van der Waals surface area contributed by atoms with E-state index in [0.717, 1.165) is 59.8 Å². The van der Waals surface area contributed by atoms with Gasteiger partial charge in [0.25, 0.3) is 0 Å². The van der Waals surface area contributed by atoms with E-state index in [1.807, 2.05) is 30.3 Å². The zero-order chi connectivity index (χ0) is 20.1. The molecule has 1 aliphatic rings. The predicted molar refractivity (Wildman–Crippen MR) is 120 cm³/mol. The molecule has 0 saturated carbocycles. The predicted octanol–water partition coefficient (Wildman–Crippen LogP) is 4.71. The molecule has 150 valence electrons. The first-order chi connectivity index (χ1) is 14.2. The maximum Gasteiger partial charge on any atom is 0.233 e. The van der Waals surface area contributed by atoms with Gasteiger partial charge in [0.2, 0.25) is 5.91 Å². The van der Waals surface area contributed by atoms with Crippen molar-refractivity contribution in [3.05, 3.63) is 64.6 Å². The highest BCUT2D eigenvalue weighted by atomic mass is 79.9. The van der Waals surface area contributed by atoms with E-state index in [2.05, 4.69) is 60.3 Å². The van der Waals surface area contributed by atoms with Gasteiger partial charge in [-0.05, 0) is 37.0 Å². The lowest BCUT2D eigenvalue weighted by Gasteiger charge is -2.14. The standard InChI is InChI=1S/C22H23BrN4OS/c23-18-11-9-17(10-12-18)20-25-26-22(29-19-8-4-5-14-24-21(19)28)27(20)15-13-16-6-2-1-3-7-16/h1-3,6-7,9-12,19H,4-5,8,13-15H2,(H,24,28). The second-order valence-electron chi connectivity index (χ2n) is 7.09. The van der Waals surface area contributed by atoms with E-state index in [0.29, 0.717) is 0 Å². The number of thioether (sulfide) groups is 1. The molecule has 1 unspecified atom stereocenters. The van der Waals surface area contributed by atoms with Crippen molar-refractivity contribution in [2.75, 3.05) is 6.54 Å². The Morgan fingerprint density at radius 1 is 1.07 bits per heavy atom. The van der Waals surface area contributed by atoms with Crippen molar-refractivity contribution in [3.63, 3.8) is 0 Å². The molecule has 5 nitrogen and oxygen atoms in total. The number of amides is 1. The first kappa shape index (κ1) is 20.2. The fraction of sp³-hybridized carbons (Fsp3) is 0.318. The van der Waals surface area contributed by atoms with E-state index in [-0.39, 0.29) is 11.2 Å². The first-order valence-electron chi connectivity index (χ1n) is 9.88. The molecule has 1 fully saturated rings. The van der Waals surface area contributed by atoms with Gasteiger partial charge in [-0.15, -0.1) is 10.2 Å². The molecule has 1 N–H and O–H groups in total. The van der Waals surface area contributed by atoms with Crippen molar-refractivity contribution in [1.29, 1.82) is 0 Å². The van der Waals surface area contributed by atoms with Crippen LogP contribution in [0.15, 0.2) is 64.2 Å². The summed E-state index contributed by atoms with van der Waals surface area (Å²) in [5.41, 5.74) is 2.29. The molecule has 1 saturated heterocycles. The van der Waals surface area contributed by atoms with Crippen LogP contribution in [0.3, 0.4) is 0 Å². The molecule has 1 aromatic heterocycles. The molecule has 0 radical (unpaired) electrons. The molecular formula is C22H23BrN4OS. The zero-order valence-electron chi connectivity index (χ0n) is 16.1. The van der Waals surface area contributed by atoms with Crippen LogP contribution >= 0.6 is 27.7 Å². The van der Waals surface area contributed by atoms with Crippen LogP contribution in [-0.2, 0) is 17.8 Å². The summed E-state index contributed by atoms with van der Waals surface area (Å²) < 4.78 is 3.18. The summed E-state index contributed by atoms with van der Waals surface area (Å²) in [6, 6.07) is 18.5. The van der Waals surface area contributed by atoms with Gasteiger partial charge in [-0.25, -0.2) is 0 Å². The second kappa shape index (κ2) is 9.59. The Labute approximate surface area is 183 Å². The average molecular weight is 471 g/mol. The molecule has 0 bridgehead atoms. The Kier molecular flexibility index (Phi) is 6.67. The Morgan fingerprint density at radius 2 is 1.86 bits per heavy atom. The number of carbonyl (C=O) groups excluding carboxylic acids is 1. The van der Waals surface area contributed by atoms with Crippen LogP contribution < -0.4 is 5.32 Å². The van der Waals surface area contributed by atoms with Crippen LogP contribution in [0.2, 0.25) is 0 Å². The Balaban J connectivity index is 1.62. The van der Waals surface area contributed by atoms with E-state index < -0.39 is 0 Å². The average Bonchev–Trinajstić information content (AvgIpc) is 3.03. The summed E-state index contributed by atoms with van der Waals surface area (Å²) in [5.74, 6) is 0.945. The summed E-state index contributed by atoms with van der Waals surface area (Å²) in [6.07, 6.45) is 3.84. The lowest BCUT2D eigenvalue weighted by atomic mass is 10.1. The molecule has 1 atom stereocenters. The van der Waals surface area contributed by atoms with Crippen LogP contribution in [0, 0.1) is 0 Å². The van der Waals surface area contributed by atoms with Gasteiger partial charge in [-0.2, -0.15) is 0 Å². The van der Waals surface area contributed by atoms with E-state index >= 15 is 0 Å². The molecule has 2 aromatic carbocycles. The van der Waals surface area contributed by atoms with Gasteiger partial charge in [0.1, 0.15) is 0 Å². The third kappa shape index (κ3) is 5.08. The van der Waals surface area contributed by atoms with Gasteiger partial charge in [0.05, 0.1) is 5.25 Å². The SMILES string of the molecule is O=C1NCCCCC1Sc1nnc(-c2ccc(Br)cc2)n1CCc1ccccc1.